The molecule has 0 aliphatic carbocycles. The molecule has 0 fully saturated rings. The highest BCUT2D eigenvalue weighted by Gasteiger charge is 2.16. The SMILES string of the molecule is COc1ccc(OC[C@H](O)CN(Cc2cccs2)C(C)C)cc1. The average Bonchev–Trinajstić information content (AvgIpc) is 3.06. The second kappa shape index (κ2) is 8.91. The number of hydrogen-bond donors (Lipinski definition) is 1. The Bertz CT molecular complexity index is 554. The Morgan fingerprint density at radius 3 is 2.39 bits per heavy atom. The minimum absolute atomic E-state index is 0.278. The van der Waals surface area contributed by atoms with E-state index in [1.807, 2.05) is 24.3 Å². The van der Waals surface area contributed by atoms with Crippen LogP contribution in [0.5, 0.6) is 11.5 Å². The van der Waals surface area contributed by atoms with Gasteiger partial charge in [0.1, 0.15) is 24.2 Å². The molecule has 0 aliphatic rings. The third-order valence-corrected chi connectivity index (χ3v) is 4.48. The molecular formula is C18H25NO3S. The quantitative estimate of drug-likeness (QED) is 0.762. The lowest BCUT2D eigenvalue weighted by molar-refractivity contribution is 0.0547. The standard InChI is InChI=1S/C18H25NO3S/c1-14(2)19(12-18-5-4-10-23-18)11-15(20)13-22-17-8-6-16(21-3)7-9-17/h4-10,14-15,20H,11-13H2,1-3H3/t15-/m1/s1. The molecule has 4 nitrogen and oxygen atoms in total. The molecule has 2 rings (SSSR count). The number of ether oxygens (including phenoxy) is 2. The summed E-state index contributed by atoms with van der Waals surface area (Å²) in [4.78, 5) is 3.57. The lowest BCUT2D eigenvalue weighted by Gasteiger charge is -2.28. The van der Waals surface area contributed by atoms with Crippen LogP contribution in [0.4, 0.5) is 0 Å². The predicted molar refractivity (Wildman–Crippen MR) is 94.4 cm³/mol. The van der Waals surface area contributed by atoms with Crippen molar-refractivity contribution in [3.8, 4) is 11.5 Å². The van der Waals surface area contributed by atoms with E-state index in [-0.39, 0.29) is 6.61 Å². The van der Waals surface area contributed by atoms with Crippen LogP contribution in [0.1, 0.15) is 18.7 Å². The van der Waals surface area contributed by atoms with Gasteiger partial charge < -0.3 is 14.6 Å². The number of thiophene rings is 1. The number of methoxy groups -OCH3 is 1. The number of benzene rings is 1. The van der Waals surface area contributed by atoms with Crippen LogP contribution < -0.4 is 9.47 Å². The summed E-state index contributed by atoms with van der Waals surface area (Å²) >= 11 is 1.74. The van der Waals surface area contributed by atoms with Crippen molar-refractivity contribution in [1.29, 1.82) is 0 Å². The van der Waals surface area contributed by atoms with Gasteiger partial charge in [0.25, 0.3) is 0 Å². The smallest absolute Gasteiger partial charge is 0.119 e. The number of nitrogens with zero attached hydrogens (tertiary/aromatic N) is 1. The highest BCUT2D eigenvalue weighted by atomic mass is 32.1. The largest absolute Gasteiger partial charge is 0.497 e. The molecule has 2 aromatic rings. The first-order valence-corrected chi connectivity index (χ1v) is 8.67. The van der Waals surface area contributed by atoms with E-state index in [1.54, 1.807) is 18.4 Å². The van der Waals surface area contributed by atoms with Crippen LogP contribution in [0.3, 0.4) is 0 Å². The topological polar surface area (TPSA) is 41.9 Å². The van der Waals surface area contributed by atoms with Crippen LogP contribution in [0.2, 0.25) is 0 Å². The molecule has 0 spiro atoms. The molecule has 0 amide bonds. The maximum absolute atomic E-state index is 10.3. The summed E-state index contributed by atoms with van der Waals surface area (Å²) < 4.78 is 10.8. The van der Waals surface area contributed by atoms with Crippen LogP contribution in [0.15, 0.2) is 41.8 Å². The van der Waals surface area contributed by atoms with E-state index in [0.717, 1.165) is 18.0 Å². The van der Waals surface area contributed by atoms with Crippen molar-refractivity contribution in [2.24, 2.45) is 0 Å². The zero-order chi connectivity index (χ0) is 16.7. The number of aliphatic hydroxyl groups excluding tert-OH is 1. The van der Waals surface area contributed by atoms with Gasteiger partial charge in [0, 0.05) is 24.0 Å². The van der Waals surface area contributed by atoms with Crippen LogP contribution in [-0.2, 0) is 6.54 Å². The summed E-state index contributed by atoms with van der Waals surface area (Å²) in [6, 6.07) is 11.9. The van der Waals surface area contributed by atoms with E-state index in [1.165, 1.54) is 4.88 Å². The van der Waals surface area contributed by atoms with Crippen molar-refractivity contribution in [1.82, 2.24) is 4.90 Å². The third kappa shape index (κ3) is 5.86. The van der Waals surface area contributed by atoms with E-state index in [0.29, 0.717) is 12.6 Å². The molecule has 0 bridgehead atoms. The van der Waals surface area contributed by atoms with Crippen LogP contribution in [-0.4, -0.2) is 42.4 Å². The first-order chi connectivity index (χ1) is 11.1. The molecular weight excluding hydrogens is 310 g/mol. The van der Waals surface area contributed by atoms with Gasteiger partial charge in [0.05, 0.1) is 7.11 Å². The van der Waals surface area contributed by atoms with Crippen LogP contribution in [0.25, 0.3) is 0 Å². The predicted octanol–water partition coefficient (Wildman–Crippen LogP) is 3.41. The van der Waals surface area contributed by atoms with Crippen molar-refractivity contribution in [3.05, 3.63) is 46.7 Å². The van der Waals surface area contributed by atoms with Crippen molar-refractivity contribution < 1.29 is 14.6 Å². The average molecular weight is 335 g/mol. The molecule has 0 unspecified atom stereocenters. The maximum atomic E-state index is 10.3. The summed E-state index contributed by atoms with van der Waals surface area (Å²) in [5, 5.41) is 12.4. The first kappa shape index (κ1) is 17.8. The van der Waals surface area contributed by atoms with Crippen LogP contribution >= 0.6 is 11.3 Å². The summed E-state index contributed by atoms with van der Waals surface area (Å²) in [7, 11) is 1.63. The van der Waals surface area contributed by atoms with E-state index in [2.05, 4.69) is 36.3 Å². The fourth-order valence-corrected chi connectivity index (χ4v) is 2.98. The van der Waals surface area contributed by atoms with Gasteiger partial charge >= 0.3 is 0 Å². The fraction of sp³-hybridized carbons (Fsp3) is 0.444. The van der Waals surface area contributed by atoms with E-state index in [4.69, 9.17) is 9.47 Å². The summed E-state index contributed by atoms with van der Waals surface area (Å²) in [5.74, 6) is 1.53. The van der Waals surface area contributed by atoms with Crippen molar-refractivity contribution >= 4 is 11.3 Å². The number of rotatable bonds is 9. The minimum atomic E-state index is -0.528. The normalized spacial score (nSPS) is 12.6. The van der Waals surface area contributed by atoms with Crippen molar-refractivity contribution in [3.63, 3.8) is 0 Å². The lowest BCUT2D eigenvalue weighted by Crippen LogP contribution is -2.39. The Kier molecular flexibility index (Phi) is 6.89. The Hall–Kier alpha value is -1.56. The second-order valence-electron chi connectivity index (χ2n) is 5.74. The van der Waals surface area contributed by atoms with Gasteiger partial charge in [0.15, 0.2) is 0 Å². The molecule has 5 heteroatoms. The molecule has 0 aliphatic heterocycles. The van der Waals surface area contributed by atoms with E-state index >= 15 is 0 Å². The Labute approximate surface area is 142 Å². The van der Waals surface area contributed by atoms with Gasteiger partial charge in [-0.15, -0.1) is 11.3 Å². The van der Waals surface area contributed by atoms with Gasteiger partial charge in [0.2, 0.25) is 0 Å². The minimum Gasteiger partial charge on any atom is -0.497 e. The fourth-order valence-electron chi connectivity index (χ4n) is 2.25. The van der Waals surface area contributed by atoms with Gasteiger partial charge in [-0.25, -0.2) is 0 Å². The Morgan fingerprint density at radius 2 is 1.83 bits per heavy atom. The van der Waals surface area contributed by atoms with Crippen molar-refractivity contribution in [2.45, 2.75) is 32.5 Å². The first-order valence-electron chi connectivity index (χ1n) is 7.80. The number of aliphatic hydroxyl groups is 1. The molecule has 23 heavy (non-hydrogen) atoms. The molecule has 0 saturated heterocycles. The van der Waals surface area contributed by atoms with E-state index in [9.17, 15) is 5.11 Å². The molecule has 0 radical (unpaired) electrons. The van der Waals surface area contributed by atoms with Gasteiger partial charge in [-0.2, -0.15) is 0 Å². The molecule has 1 N–H and O–H groups in total. The second-order valence-corrected chi connectivity index (χ2v) is 6.78. The maximum Gasteiger partial charge on any atom is 0.119 e. The Balaban J connectivity index is 1.82. The van der Waals surface area contributed by atoms with Gasteiger partial charge in [-0.05, 0) is 49.6 Å². The molecule has 1 aromatic heterocycles. The number of hydrogen-bond acceptors (Lipinski definition) is 5. The highest BCUT2D eigenvalue weighted by Crippen LogP contribution is 2.18. The zero-order valence-electron chi connectivity index (χ0n) is 13.9. The Morgan fingerprint density at radius 1 is 1.13 bits per heavy atom. The zero-order valence-corrected chi connectivity index (χ0v) is 14.8. The monoisotopic (exact) mass is 335 g/mol. The molecule has 1 aromatic carbocycles. The highest BCUT2D eigenvalue weighted by molar-refractivity contribution is 7.09. The molecule has 126 valence electrons. The molecule has 0 saturated carbocycles. The molecule has 1 atom stereocenters. The summed E-state index contributed by atoms with van der Waals surface area (Å²) in [5.41, 5.74) is 0. The summed E-state index contributed by atoms with van der Waals surface area (Å²) in [6.07, 6.45) is -0.528. The van der Waals surface area contributed by atoms with Crippen molar-refractivity contribution in [2.75, 3.05) is 20.3 Å². The lowest BCUT2D eigenvalue weighted by atomic mass is 10.2. The third-order valence-electron chi connectivity index (χ3n) is 3.62. The van der Waals surface area contributed by atoms with Gasteiger partial charge in [-0.3, -0.25) is 4.90 Å². The summed E-state index contributed by atoms with van der Waals surface area (Å²) in [6.45, 7) is 6.01. The van der Waals surface area contributed by atoms with Crippen LogP contribution in [0, 0.1) is 0 Å². The molecule has 1 heterocycles. The van der Waals surface area contributed by atoms with E-state index < -0.39 is 6.10 Å². The van der Waals surface area contributed by atoms with Gasteiger partial charge in [-0.1, -0.05) is 6.07 Å².